The number of thiazole rings is 1. The number of nitrogens with two attached hydrogens (primary N) is 1. The Kier molecular flexibility index (Phi) is 6.02. The van der Waals surface area contributed by atoms with Crippen molar-refractivity contribution in [1.29, 1.82) is 0 Å². The Balaban J connectivity index is 0.00000113. The molecule has 0 radical (unpaired) electrons. The predicted octanol–water partition coefficient (Wildman–Crippen LogP) is 3.92. The second kappa shape index (κ2) is 7.84. The Morgan fingerprint density at radius 1 is 1.16 bits per heavy atom. The van der Waals surface area contributed by atoms with Crippen molar-refractivity contribution in [2.75, 3.05) is 6.54 Å². The summed E-state index contributed by atoms with van der Waals surface area (Å²) in [5, 5.41) is 0. The van der Waals surface area contributed by atoms with Gasteiger partial charge in [0.25, 0.3) is 0 Å². The SMILES string of the molecule is Cl.Cl.NCC(=O)Oc1cccc(-c2cn3c(n2)sc2ccccc23)c1. The maximum atomic E-state index is 11.3. The molecule has 0 aliphatic rings. The van der Waals surface area contributed by atoms with Crippen LogP contribution in [-0.2, 0) is 4.79 Å². The normalized spacial score (nSPS) is 10.3. The largest absolute Gasteiger partial charge is 0.426 e. The summed E-state index contributed by atoms with van der Waals surface area (Å²) in [6.07, 6.45) is 2.00. The first-order valence-corrected chi connectivity index (χ1v) is 7.94. The lowest BCUT2D eigenvalue weighted by Crippen LogP contribution is -2.19. The number of halogens is 2. The predicted molar refractivity (Wildman–Crippen MR) is 105 cm³/mol. The van der Waals surface area contributed by atoms with E-state index in [-0.39, 0.29) is 31.4 Å². The van der Waals surface area contributed by atoms with Crippen LogP contribution in [0.5, 0.6) is 5.75 Å². The van der Waals surface area contributed by atoms with Gasteiger partial charge in [-0.05, 0) is 24.3 Å². The fraction of sp³-hybridized carbons (Fsp3) is 0.0588. The van der Waals surface area contributed by atoms with Gasteiger partial charge in [-0.3, -0.25) is 9.20 Å². The molecule has 0 fully saturated rings. The van der Waals surface area contributed by atoms with Gasteiger partial charge in [0.2, 0.25) is 0 Å². The number of hydrogen-bond acceptors (Lipinski definition) is 5. The first-order chi connectivity index (χ1) is 11.2. The Labute approximate surface area is 160 Å². The van der Waals surface area contributed by atoms with E-state index in [9.17, 15) is 4.79 Å². The maximum absolute atomic E-state index is 11.3. The molecule has 5 nitrogen and oxygen atoms in total. The molecule has 0 amide bonds. The molecule has 4 aromatic rings. The number of carbonyl (C=O) groups excluding carboxylic acids is 1. The molecule has 0 unspecified atom stereocenters. The molecule has 0 spiro atoms. The topological polar surface area (TPSA) is 69.6 Å². The Bertz CT molecular complexity index is 1030. The first-order valence-electron chi connectivity index (χ1n) is 7.12. The molecular weight excluding hydrogens is 381 g/mol. The molecule has 0 bridgehead atoms. The minimum atomic E-state index is -0.459. The average molecular weight is 396 g/mol. The lowest BCUT2D eigenvalue weighted by molar-refractivity contribution is -0.132. The van der Waals surface area contributed by atoms with E-state index in [0.29, 0.717) is 5.75 Å². The van der Waals surface area contributed by atoms with E-state index >= 15 is 0 Å². The molecule has 2 aromatic carbocycles. The third-order valence-corrected chi connectivity index (χ3v) is 4.56. The molecule has 2 N–H and O–H groups in total. The van der Waals surface area contributed by atoms with Crippen LogP contribution in [0.1, 0.15) is 0 Å². The van der Waals surface area contributed by atoms with Crippen molar-refractivity contribution in [2.45, 2.75) is 0 Å². The van der Waals surface area contributed by atoms with E-state index < -0.39 is 5.97 Å². The third-order valence-electron chi connectivity index (χ3n) is 3.53. The monoisotopic (exact) mass is 395 g/mol. The molecule has 8 heteroatoms. The average Bonchev–Trinajstić information content (AvgIpc) is 3.13. The summed E-state index contributed by atoms with van der Waals surface area (Å²) in [6.45, 7) is -0.142. The molecule has 130 valence electrons. The quantitative estimate of drug-likeness (QED) is 0.421. The molecule has 2 heterocycles. The number of rotatable bonds is 3. The molecule has 0 saturated heterocycles. The summed E-state index contributed by atoms with van der Waals surface area (Å²) in [4.78, 5) is 16.9. The number of nitrogens with zero attached hydrogens (tertiary/aromatic N) is 2. The molecule has 0 atom stereocenters. The molecular formula is C17H15Cl2N3O2S. The van der Waals surface area contributed by atoms with Crippen molar-refractivity contribution >= 4 is 57.3 Å². The van der Waals surface area contributed by atoms with Gasteiger partial charge in [0.1, 0.15) is 5.75 Å². The smallest absolute Gasteiger partial charge is 0.325 e. The second-order valence-corrected chi connectivity index (χ2v) is 6.06. The van der Waals surface area contributed by atoms with E-state index in [4.69, 9.17) is 10.5 Å². The number of para-hydroxylation sites is 1. The zero-order valence-corrected chi connectivity index (χ0v) is 15.4. The second-order valence-electron chi connectivity index (χ2n) is 5.05. The van der Waals surface area contributed by atoms with Crippen LogP contribution in [0.2, 0.25) is 0 Å². The number of imidazole rings is 1. The third kappa shape index (κ3) is 3.62. The molecule has 0 saturated carbocycles. The van der Waals surface area contributed by atoms with E-state index in [1.807, 2.05) is 30.5 Å². The van der Waals surface area contributed by atoms with Gasteiger partial charge in [-0.1, -0.05) is 35.6 Å². The lowest BCUT2D eigenvalue weighted by Gasteiger charge is -2.03. The fourth-order valence-electron chi connectivity index (χ4n) is 2.48. The first kappa shape index (κ1) is 19.2. The van der Waals surface area contributed by atoms with Crippen LogP contribution in [0.4, 0.5) is 0 Å². The highest BCUT2D eigenvalue weighted by Gasteiger charge is 2.11. The number of ether oxygens (including phenoxy) is 1. The van der Waals surface area contributed by atoms with Crippen molar-refractivity contribution in [1.82, 2.24) is 9.38 Å². The Morgan fingerprint density at radius 2 is 1.96 bits per heavy atom. The van der Waals surface area contributed by atoms with Crippen molar-refractivity contribution in [2.24, 2.45) is 5.73 Å². The van der Waals surface area contributed by atoms with Gasteiger partial charge in [0, 0.05) is 11.8 Å². The minimum absolute atomic E-state index is 0. The summed E-state index contributed by atoms with van der Waals surface area (Å²) in [6, 6.07) is 15.5. The van der Waals surface area contributed by atoms with Gasteiger partial charge in [0.05, 0.1) is 22.5 Å². The number of carbonyl (C=O) groups is 1. The highest BCUT2D eigenvalue weighted by molar-refractivity contribution is 7.23. The van der Waals surface area contributed by atoms with Gasteiger partial charge >= 0.3 is 5.97 Å². The van der Waals surface area contributed by atoms with Crippen LogP contribution in [0.25, 0.3) is 26.4 Å². The standard InChI is InChI=1S/C17H13N3O2S.2ClH/c18-9-16(21)22-12-5-3-4-11(8-12)13-10-20-14-6-1-2-7-15(14)23-17(20)19-13;;/h1-8,10H,9,18H2;2*1H. The summed E-state index contributed by atoms with van der Waals surface area (Å²) in [5.41, 5.74) is 8.14. The Hall–Kier alpha value is -2.12. The summed E-state index contributed by atoms with van der Waals surface area (Å²) >= 11 is 1.65. The number of aromatic nitrogens is 2. The number of benzene rings is 2. The van der Waals surface area contributed by atoms with Gasteiger partial charge in [0.15, 0.2) is 4.96 Å². The van der Waals surface area contributed by atoms with Crippen molar-refractivity contribution in [3.8, 4) is 17.0 Å². The fourth-order valence-corrected chi connectivity index (χ4v) is 3.49. The van der Waals surface area contributed by atoms with E-state index in [0.717, 1.165) is 21.7 Å². The zero-order chi connectivity index (χ0) is 15.8. The van der Waals surface area contributed by atoms with Crippen LogP contribution >= 0.6 is 36.2 Å². The summed E-state index contributed by atoms with van der Waals surface area (Å²) in [7, 11) is 0. The minimum Gasteiger partial charge on any atom is -0.426 e. The van der Waals surface area contributed by atoms with Crippen LogP contribution < -0.4 is 10.5 Å². The summed E-state index contributed by atoms with van der Waals surface area (Å²) in [5.74, 6) is 0.0122. The van der Waals surface area contributed by atoms with Crippen LogP contribution in [0.3, 0.4) is 0 Å². The van der Waals surface area contributed by atoms with Crippen LogP contribution in [-0.4, -0.2) is 21.9 Å². The number of esters is 1. The molecule has 4 rings (SSSR count). The number of hydrogen-bond donors (Lipinski definition) is 1. The molecule has 2 aromatic heterocycles. The van der Waals surface area contributed by atoms with E-state index in [1.165, 1.54) is 4.70 Å². The number of fused-ring (bicyclic) bond motifs is 3. The van der Waals surface area contributed by atoms with Crippen molar-refractivity contribution < 1.29 is 9.53 Å². The maximum Gasteiger partial charge on any atom is 0.325 e. The van der Waals surface area contributed by atoms with Crippen molar-refractivity contribution in [3.63, 3.8) is 0 Å². The summed E-state index contributed by atoms with van der Waals surface area (Å²) < 4.78 is 8.43. The van der Waals surface area contributed by atoms with Gasteiger partial charge in [-0.2, -0.15) is 0 Å². The zero-order valence-electron chi connectivity index (χ0n) is 12.9. The van der Waals surface area contributed by atoms with Crippen LogP contribution in [0.15, 0.2) is 54.7 Å². The van der Waals surface area contributed by atoms with Crippen molar-refractivity contribution in [3.05, 3.63) is 54.7 Å². The highest BCUT2D eigenvalue weighted by Crippen LogP contribution is 2.30. The van der Waals surface area contributed by atoms with Gasteiger partial charge in [-0.15, -0.1) is 24.8 Å². The lowest BCUT2D eigenvalue weighted by atomic mass is 10.1. The van der Waals surface area contributed by atoms with E-state index in [2.05, 4.69) is 21.5 Å². The highest BCUT2D eigenvalue weighted by atomic mass is 35.5. The Morgan fingerprint density at radius 3 is 2.76 bits per heavy atom. The molecule has 0 aliphatic heterocycles. The van der Waals surface area contributed by atoms with E-state index in [1.54, 1.807) is 23.5 Å². The molecule has 0 aliphatic carbocycles. The van der Waals surface area contributed by atoms with Gasteiger partial charge < -0.3 is 10.5 Å². The van der Waals surface area contributed by atoms with Gasteiger partial charge in [-0.25, -0.2) is 4.98 Å². The molecule has 25 heavy (non-hydrogen) atoms. The van der Waals surface area contributed by atoms with Crippen LogP contribution in [0, 0.1) is 0 Å².